The van der Waals surface area contributed by atoms with Crippen LogP contribution in [0.15, 0.2) is 29.1 Å². The van der Waals surface area contributed by atoms with E-state index in [0.717, 1.165) is 36.2 Å². The van der Waals surface area contributed by atoms with Crippen molar-refractivity contribution in [2.45, 2.75) is 32.6 Å². The summed E-state index contributed by atoms with van der Waals surface area (Å²) < 4.78 is 0. The van der Waals surface area contributed by atoms with Crippen LogP contribution in [0.3, 0.4) is 0 Å². The van der Waals surface area contributed by atoms with Gasteiger partial charge in [0.05, 0.1) is 5.69 Å². The molecular formula is C16H19N5O. The van der Waals surface area contributed by atoms with E-state index in [4.69, 9.17) is 5.73 Å². The summed E-state index contributed by atoms with van der Waals surface area (Å²) in [6.07, 6.45) is 3.25. The molecule has 0 radical (unpaired) electrons. The van der Waals surface area contributed by atoms with E-state index in [1.165, 1.54) is 0 Å². The third-order valence-electron chi connectivity index (χ3n) is 3.66. The number of aryl methyl sites for hydroxylation is 3. The van der Waals surface area contributed by atoms with Crippen molar-refractivity contribution in [1.29, 1.82) is 0 Å². The van der Waals surface area contributed by atoms with Crippen molar-refractivity contribution in [1.82, 2.24) is 20.2 Å². The Balaban J connectivity index is 1.85. The summed E-state index contributed by atoms with van der Waals surface area (Å²) in [5.74, 6) is 0.688. The number of nitrogen functional groups attached to an aromatic ring is 1. The van der Waals surface area contributed by atoms with Gasteiger partial charge in [-0.15, -0.1) is 0 Å². The number of fused-ring (bicyclic) bond motifs is 1. The Bertz CT molecular complexity index is 832. The smallest absolute Gasteiger partial charge is 0.276 e. The molecule has 1 aromatic carbocycles. The van der Waals surface area contributed by atoms with Gasteiger partial charge in [-0.05, 0) is 30.5 Å². The maximum Gasteiger partial charge on any atom is 0.276 e. The van der Waals surface area contributed by atoms with Gasteiger partial charge in [0.2, 0.25) is 0 Å². The topological polar surface area (TPSA) is 100 Å². The van der Waals surface area contributed by atoms with Crippen molar-refractivity contribution in [3.63, 3.8) is 0 Å². The van der Waals surface area contributed by atoms with Gasteiger partial charge in [0.1, 0.15) is 16.9 Å². The van der Waals surface area contributed by atoms with Crippen LogP contribution in [-0.2, 0) is 19.3 Å². The molecule has 0 saturated carbocycles. The van der Waals surface area contributed by atoms with Crippen LogP contribution in [0.25, 0.3) is 11.0 Å². The normalized spacial score (nSPS) is 11.1. The first-order chi connectivity index (χ1) is 10.7. The summed E-state index contributed by atoms with van der Waals surface area (Å²) in [5.41, 5.74) is 9.44. The first-order valence-electron chi connectivity index (χ1n) is 7.48. The summed E-state index contributed by atoms with van der Waals surface area (Å²) >= 11 is 0. The van der Waals surface area contributed by atoms with E-state index in [1.54, 1.807) is 0 Å². The van der Waals surface area contributed by atoms with Gasteiger partial charge in [-0.3, -0.25) is 9.89 Å². The standard InChI is InChI=1S/C16H19N5O/c1-2-3-12-14-15(21-20-12)16(22)19-13(18-14)9-6-10-4-7-11(17)8-5-10/h4-5,7-8H,2-3,6,9,17H2,1H3,(H,20,21)(H,18,19,22). The highest BCUT2D eigenvalue weighted by Crippen LogP contribution is 2.13. The minimum Gasteiger partial charge on any atom is -0.399 e. The molecule has 0 atom stereocenters. The van der Waals surface area contributed by atoms with Crippen molar-refractivity contribution in [3.05, 3.63) is 51.7 Å². The summed E-state index contributed by atoms with van der Waals surface area (Å²) in [6.45, 7) is 2.08. The number of benzene rings is 1. The number of aromatic nitrogens is 4. The van der Waals surface area contributed by atoms with Gasteiger partial charge >= 0.3 is 0 Å². The van der Waals surface area contributed by atoms with E-state index in [9.17, 15) is 4.79 Å². The minimum atomic E-state index is -0.160. The maximum absolute atomic E-state index is 12.1. The highest BCUT2D eigenvalue weighted by Gasteiger charge is 2.11. The lowest BCUT2D eigenvalue weighted by molar-refractivity contribution is 0.853. The predicted octanol–water partition coefficient (Wildman–Crippen LogP) is 1.97. The van der Waals surface area contributed by atoms with Crippen molar-refractivity contribution in [2.24, 2.45) is 0 Å². The fourth-order valence-electron chi connectivity index (χ4n) is 2.49. The number of anilines is 1. The predicted molar refractivity (Wildman–Crippen MR) is 86.8 cm³/mol. The highest BCUT2D eigenvalue weighted by atomic mass is 16.1. The molecule has 0 spiro atoms. The lowest BCUT2D eigenvalue weighted by Gasteiger charge is -2.03. The molecule has 6 nitrogen and oxygen atoms in total. The average molecular weight is 297 g/mol. The van der Waals surface area contributed by atoms with Gasteiger partial charge in [0, 0.05) is 12.1 Å². The van der Waals surface area contributed by atoms with Gasteiger partial charge in [-0.2, -0.15) is 5.10 Å². The Morgan fingerprint density at radius 2 is 1.91 bits per heavy atom. The zero-order chi connectivity index (χ0) is 15.5. The van der Waals surface area contributed by atoms with Gasteiger partial charge in [-0.25, -0.2) is 4.98 Å². The summed E-state index contributed by atoms with van der Waals surface area (Å²) in [4.78, 5) is 19.5. The number of nitrogens with zero attached hydrogens (tertiary/aromatic N) is 2. The Hall–Kier alpha value is -2.63. The van der Waals surface area contributed by atoms with Crippen LogP contribution < -0.4 is 11.3 Å². The molecule has 3 aromatic rings. The zero-order valence-corrected chi connectivity index (χ0v) is 12.5. The average Bonchev–Trinajstić information content (AvgIpc) is 2.91. The molecule has 4 N–H and O–H groups in total. The Labute approximate surface area is 127 Å². The van der Waals surface area contributed by atoms with Crippen LogP contribution in [0.2, 0.25) is 0 Å². The molecule has 0 aliphatic carbocycles. The molecule has 3 rings (SSSR count). The van der Waals surface area contributed by atoms with Crippen LogP contribution in [0.4, 0.5) is 5.69 Å². The number of rotatable bonds is 5. The molecule has 0 aliphatic heterocycles. The quantitative estimate of drug-likeness (QED) is 0.627. The molecule has 22 heavy (non-hydrogen) atoms. The molecule has 0 bridgehead atoms. The molecule has 0 fully saturated rings. The van der Waals surface area contributed by atoms with Crippen LogP contribution >= 0.6 is 0 Å². The van der Waals surface area contributed by atoms with Crippen LogP contribution in [0, 0.1) is 0 Å². The third kappa shape index (κ3) is 2.86. The SMILES string of the molecule is CCCc1n[nH]c2c(=O)[nH]c(CCc3ccc(N)cc3)nc12. The number of nitrogens with one attached hydrogen (secondary N) is 2. The Morgan fingerprint density at radius 1 is 1.14 bits per heavy atom. The molecule has 114 valence electrons. The van der Waals surface area contributed by atoms with E-state index in [1.807, 2.05) is 24.3 Å². The fourth-order valence-corrected chi connectivity index (χ4v) is 2.49. The van der Waals surface area contributed by atoms with E-state index >= 15 is 0 Å². The second kappa shape index (κ2) is 6.01. The first kappa shape index (κ1) is 14.3. The van der Waals surface area contributed by atoms with Crippen molar-refractivity contribution < 1.29 is 0 Å². The van der Waals surface area contributed by atoms with Crippen molar-refractivity contribution in [3.8, 4) is 0 Å². The van der Waals surface area contributed by atoms with Crippen LogP contribution in [0.5, 0.6) is 0 Å². The second-order valence-corrected chi connectivity index (χ2v) is 5.40. The summed E-state index contributed by atoms with van der Waals surface area (Å²) in [7, 11) is 0. The molecular weight excluding hydrogens is 278 g/mol. The summed E-state index contributed by atoms with van der Waals surface area (Å²) in [6, 6.07) is 7.74. The van der Waals surface area contributed by atoms with Gasteiger partial charge in [0.25, 0.3) is 5.56 Å². The molecule has 6 heteroatoms. The molecule has 0 unspecified atom stereocenters. The van der Waals surface area contributed by atoms with Crippen molar-refractivity contribution >= 4 is 16.7 Å². The molecule has 2 aromatic heterocycles. The van der Waals surface area contributed by atoms with E-state index < -0.39 is 0 Å². The number of nitrogens with two attached hydrogens (primary N) is 1. The fraction of sp³-hybridized carbons (Fsp3) is 0.312. The summed E-state index contributed by atoms with van der Waals surface area (Å²) in [5, 5.41) is 6.97. The molecule has 0 aliphatic rings. The van der Waals surface area contributed by atoms with Gasteiger partial charge in [-0.1, -0.05) is 25.5 Å². The monoisotopic (exact) mass is 297 g/mol. The Morgan fingerprint density at radius 3 is 2.64 bits per heavy atom. The van der Waals surface area contributed by atoms with Gasteiger partial charge in [0.15, 0.2) is 0 Å². The van der Waals surface area contributed by atoms with Crippen LogP contribution in [-0.4, -0.2) is 20.2 Å². The zero-order valence-electron chi connectivity index (χ0n) is 12.5. The highest BCUT2D eigenvalue weighted by molar-refractivity contribution is 5.75. The third-order valence-corrected chi connectivity index (χ3v) is 3.66. The largest absolute Gasteiger partial charge is 0.399 e. The van der Waals surface area contributed by atoms with Crippen LogP contribution in [0.1, 0.15) is 30.4 Å². The number of hydrogen-bond donors (Lipinski definition) is 3. The van der Waals surface area contributed by atoms with E-state index in [-0.39, 0.29) is 5.56 Å². The molecule has 0 amide bonds. The lowest BCUT2D eigenvalue weighted by atomic mass is 10.1. The molecule has 2 heterocycles. The number of H-pyrrole nitrogens is 2. The molecule has 0 saturated heterocycles. The first-order valence-corrected chi connectivity index (χ1v) is 7.48. The second-order valence-electron chi connectivity index (χ2n) is 5.40. The van der Waals surface area contributed by atoms with E-state index in [0.29, 0.717) is 23.3 Å². The minimum absolute atomic E-state index is 0.160. The number of aromatic amines is 2. The van der Waals surface area contributed by atoms with E-state index in [2.05, 4.69) is 27.1 Å². The maximum atomic E-state index is 12.1. The lowest BCUT2D eigenvalue weighted by Crippen LogP contribution is -2.12. The van der Waals surface area contributed by atoms with Crippen molar-refractivity contribution in [2.75, 3.05) is 5.73 Å². The Kier molecular flexibility index (Phi) is 3.91. The van der Waals surface area contributed by atoms with Gasteiger partial charge < -0.3 is 10.7 Å². The number of hydrogen-bond acceptors (Lipinski definition) is 4.